The highest BCUT2D eigenvalue weighted by molar-refractivity contribution is 5.83. The second-order valence-corrected chi connectivity index (χ2v) is 38.6. The van der Waals surface area contributed by atoms with E-state index in [4.69, 9.17) is 47.4 Å². The molecule has 0 aliphatic carbocycles. The van der Waals surface area contributed by atoms with Gasteiger partial charge in [-0.3, -0.25) is 14.4 Å². The zero-order valence-electron chi connectivity index (χ0n) is 71.8. The van der Waals surface area contributed by atoms with Crippen molar-refractivity contribution < 1.29 is 87.3 Å². The molecule has 0 aromatic heterocycles. The number of ether oxygens (including phenoxy) is 10. The molecule has 618 valence electrons. The van der Waals surface area contributed by atoms with Gasteiger partial charge >= 0.3 is 11.9 Å². The van der Waals surface area contributed by atoms with E-state index in [-0.39, 0.29) is 96.3 Å². The van der Waals surface area contributed by atoms with Gasteiger partial charge in [-0.2, -0.15) is 0 Å². The van der Waals surface area contributed by atoms with E-state index in [0.29, 0.717) is 49.4 Å². The Labute approximate surface area is 652 Å². The first-order valence-corrected chi connectivity index (χ1v) is 41.8. The number of esters is 2. The average Bonchev–Trinajstić information content (AvgIpc) is 0.756. The standard InChI is InChI=1S/C45H76O9.C45H74O9/c2*1-15-35-45(49,23-34-19-17-16-18-20-34)39(47)29(6)37(46)26(3)22-44(13,14)40(54-42-28(5)25(2)21-27(4)50-42)30(7)38(31(8)41(48)52-35)53-36-24-43(11,12)32(9)33(10)51-36/h16-20,25-33,35-40,42,46-47,49H,15,21-24H2,1-14H3;16-20,25-33,35-36,38-40,42,47,49H,15,21-24H2,1-14H3/t25-,26+,27+,28+,29-,30-,31+,32-,33-,35+,36?,37-,38-,39+,40+,42?,45+;25-,26+,27+,28+,29-,30-,31+,32-,33-,35+,36?,38-,39+,40+,42?,45+/m00/s1. The van der Waals surface area contributed by atoms with Crippen LogP contribution < -0.4 is 0 Å². The Kier molecular flexibility index (Phi) is 31.8. The number of carbonyl (C=O) groups is 3. The number of carbonyl (C=O) groups excluding carboxylic acids is 3. The SMILES string of the molecule is CC[C@H]1OC(=O)[C@H](C)[C@@H](OC2CC(C)(C)[C@@H](C)[C@H](C)O2)[C@H](C)[C@@H](OC2O[C@H](C)C[C@H](C)[C@H]2C)C(C)(C)C[C@@H](C)C(=O)[C@H](C)[C@@H](O)[C@@]1(O)Cc1ccccc1.CC[C@H]1OC(=O)[C@H](C)[C@@H](OC2CC(C)(C)[C@@H](C)[C@H](C)O2)[C@H](C)[C@@H](OC2O[C@H](C)C[C@H](C)[C@H]2C)C(C)(C)C[C@@H](C)[C@H](O)[C@H](C)[C@@H](O)[C@@]1(O)Cc1ccccc1. The normalized spacial score (nSPS) is 44.6. The Bertz CT molecular complexity index is 3120. The number of cyclic esters (lactones) is 2. The number of aliphatic hydroxyl groups is 5. The molecule has 0 bridgehead atoms. The van der Waals surface area contributed by atoms with Crippen molar-refractivity contribution in [2.24, 2.45) is 105 Å². The molecular formula is C90H150O18. The molecule has 0 spiro atoms. The Hall–Kier alpha value is -3.47. The van der Waals surface area contributed by atoms with E-state index < -0.39 is 144 Å². The van der Waals surface area contributed by atoms with Crippen LogP contribution in [0.4, 0.5) is 0 Å². The predicted molar refractivity (Wildman–Crippen MR) is 422 cm³/mol. The lowest BCUT2D eigenvalue weighted by atomic mass is 9.68. The summed E-state index contributed by atoms with van der Waals surface area (Å²) in [6.07, 6.45) is -6.02. The molecule has 0 saturated carbocycles. The lowest BCUT2D eigenvalue weighted by Gasteiger charge is -2.50. The van der Waals surface area contributed by atoms with E-state index in [0.717, 1.165) is 24.0 Å². The topological polar surface area (TPSA) is 245 Å². The first kappa shape index (κ1) is 91.7. The van der Waals surface area contributed by atoms with Gasteiger partial charge in [0, 0.05) is 67.1 Å². The molecule has 6 saturated heterocycles. The van der Waals surface area contributed by atoms with Crippen LogP contribution in [0.15, 0.2) is 60.7 Å². The molecule has 18 nitrogen and oxygen atoms in total. The summed E-state index contributed by atoms with van der Waals surface area (Å²) in [5.74, 6) is -4.44. The maximum Gasteiger partial charge on any atom is 0.311 e. The van der Waals surface area contributed by atoms with Gasteiger partial charge in [0.05, 0.1) is 79.0 Å². The highest BCUT2D eigenvalue weighted by Gasteiger charge is 2.57. The van der Waals surface area contributed by atoms with Crippen molar-refractivity contribution in [3.63, 3.8) is 0 Å². The van der Waals surface area contributed by atoms with E-state index in [9.17, 15) is 39.9 Å². The zero-order valence-corrected chi connectivity index (χ0v) is 71.8. The van der Waals surface area contributed by atoms with E-state index in [1.807, 2.05) is 102 Å². The van der Waals surface area contributed by atoms with E-state index >= 15 is 0 Å². The monoisotopic (exact) mass is 1520 g/mol. The second kappa shape index (κ2) is 37.4. The van der Waals surface area contributed by atoms with Gasteiger partial charge in [0.2, 0.25) is 0 Å². The van der Waals surface area contributed by atoms with Gasteiger partial charge < -0.3 is 72.9 Å². The largest absolute Gasteiger partial charge is 0.459 e. The lowest BCUT2D eigenvalue weighted by molar-refractivity contribution is -0.294. The number of Topliss-reactive ketones (excluding diaryl/α,β-unsaturated/α-hetero) is 1. The minimum Gasteiger partial charge on any atom is -0.459 e. The van der Waals surface area contributed by atoms with Crippen molar-refractivity contribution in [3.05, 3.63) is 71.8 Å². The molecule has 6 aliphatic rings. The number of benzene rings is 2. The molecular weight excluding hydrogens is 1370 g/mol. The van der Waals surface area contributed by atoms with E-state index in [2.05, 4.69) is 138 Å². The van der Waals surface area contributed by atoms with Gasteiger partial charge in [0.15, 0.2) is 25.2 Å². The minimum absolute atomic E-state index is 0.00357. The number of ketones is 1. The molecule has 108 heavy (non-hydrogen) atoms. The maximum atomic E-state index is 14.6. The molecule has 6 fully saturated rings. The van der Waals surface area contributed by atoms with Crippen molar-refractivity contribution >= 4 is 17.7 Å². The van der Waals surface area contributed by atoms with Gasteiger partial charge in [0.1, 0.15) is 29.2 Å². The van der Waals surface area contributed by atoms with Crippen molar-refractivity contribution in [1.29, 1.82) is 0 Å². The summed E-state index contributed by atoms with van der Waals surface area (Å²) in [4.78, 5) is 43.5. The highest BCUT2D eigenvalue weighted by Crippen LogP contribution is 2.50. The quantitative estimate of drug-likeness (QED) is 0.110. The predicted octanol–water partition coefficient (Wildman–Crippen LogP) is 16.1. The summed E-state index contributed by atoms with van der Waals surface area (Å²) in [5, 5.41) is 61.3. The molecule has 5 N–H and O–H groups in total. The smallest absolute Gasteiger partial charge is 0.311 e. The first-order chi connectivity index (χ1) is 50.1. The third-order valence-corrected chi connectivity index (χ3v) is 28.0. The third kappa shape index (κ3) is 21.3. The zero-order chi connectivity index (χ0) is 81.0. The summed E-state index contributed by atoms with van der Waals surface area (Å²) in [6, 6.07) is 18.8. The van der Waals surface area contributed by atoms with E-state index in [1.54, 1.807) is 13.8 Å². The summed E-state index contributed by atoms with van der Waals surface area (Å²) in [5.41, 5.74) is -3.61. The molecule has 2 aromatic rings. The Morgan fingerprint density at radius 3 is 1.14 bits per heavy atom. The van der Waals surface area contributed by atoms with Crippen molar-refractivity contribution in [3.8, 4) is 0 Å². The van der Waals surface area contributed by atoms with Crippen molar-refractivity contribution in [2.75, 3.05) is 0 Å². The summed E-state index contributed by atoms with van der Waals surface area (Å²) in [6.45, 7) is 57.7. The number of aliphatic hydroxyl groups excluding tert-OH is 3. The number of rotatable bonds is 14. The van der Waals surface area contributed by atoms with Crippen LogP contribution in [0.1, 0.15) is 256 Å². The fourth-order valence-electron chi connectivity index (χ4n) is 19.8. The lowest BCUT2D eigenvalue weighted by Crippen LogP contribution is -2.60. The second-order valence-electron chi connectivity index (χ2n) is 38.6. The van der Waals surface area contributed by atoms with Crippen LogP contribution in [-0.4, -0.2) is 159 Å². The Balaban J connectivity index is 0.000000301. The minimum atomic E-state index is -1.95. The maximum absolute atomic E-state index is 14.6. The van der Waals surface area contributed by atoms with Crippen LogP contribution in [-0.2, 0) is 74.6 Å². The highest BCUT2D eigenvalue weighted by atomic mass is 16.7. The van der Waals surface area contributed by atoms with Crippen molar-refractivity contribution in [1.82, 2.24) is 0 Å². The van der Waals surface area contributed by atoms with Gasteiger partial charge in [-0.1, -0.05) is 213 Å². The molecule has 18 heteroatoms. The molecule has 0 amide bonds. The van der Waals surface area contributed by atoms with Crippen LogP contribution in [0.3, 0.4) is 0 Å². The number of hydrogen-bond donors (Lipinski definition) is 5. The van der Waals surface area contributed by atoms with Crippen molar-refractivity contribution in [2.45, 2.75) is 374 Å². The van der Waals surface area contributed by atoms with Gasteiger partial charge in [-0.15, -0.1) is 0 Å². The van der Waals surface area contributed by atoms with Crippen LogP contribution in [0.2, 0.25) is 0 Å². The van der Waals surface area contributed by atoms with Crippen LogP contribution in [0.5, 0.6) is 0 Å². The fourth-order valence-corrected chi connectivity index (χ4v) is 19.8. The molecule has 2 aromatic carbocycles. The molecule has 4 unspecified atom stereocenters. The van der Waals surface area contributed by atoms with Crippen LogP contribution in [0, 0.1) is 105 Å². The summed E-state index contributed by atoms with van der Waals surface area (Å²) < 4.78 is 67.0. The average molecular weight is 1520 g/mol. The summed E-state index contributed by atoms with van der Waals surface area (Å²) >= 11 is 0. The Morgan fingerprint density at radius 2 is 0.778 bits per heavy atom. The van der Waals surface area contributed by atoms with E-state index in [1.165, 1.54) is 0 Å². The fraction of sp³-hybridized carbons (Fsp3) is 0.833. The van der Waals surface area contributed by atoms with Gasteiger partial charge in [-0.05, 0) is 142 Å². The first-order valence-electron chi connectivity index (χ1n) is 41.8. The number of hydrogen-bond acceptors (Lipinski definition) is 18. The summed E-state index contributed by atoms with van der Waals surface area (Å²) in [7, 11) is 0. The van der Waals surface area contributed by atoms with Gasteiger partial charge in [-0.25, -0.2) is 0 Å². The molecule has 6 aliphatic heterocycles. The molecule has 0 radical (unpaired) electrons. The van der Waals surface area contributed by atoms with Crippen LogP contribution in [0.25, 0.3) is 0 Å². The molecule has 6 heterocycles. The Morgan fingerprint density at radius 1 is 0.417 bits per heavy atom. The van der Waals surface area contributed by atoms with Gasteiger partial charge in [0.25, 0.3) is 0 Å². The van der Waals surface area contributed by atoms with Crippen LogP contribution >= 0.6 is 0 Å². The third-order valence-electron chi connectivity index (χ3n) is 28.0. The molecule has 33 atom stereocenters. The molecule has 8 rings (SSSR count).